The number of hydrogen-bond donors (Lipinski definition) is 0. The third-order valence-corrected chi connectivity index (χ3v) is 8.48. The normalized spacial score (nSPS) is 11.7. The van der Waals surface area contributed by atoms with Crippen LogP contribution in [0.3, 0.4) is 0 Å². The number of nitrogens with zero attached hydrogens (tertiary/aromatic N) is 2. The van der Waals surface area contributed by atoms with Crippen molar-refractivity contribution < 1.29 is 4.42 Å². The van der Waals surface area contributed by atoms with E-state index in [1.54, 1.807) is 0 Å². The van der Waals surface area contributed by atoms with E-state index in [2.05, 4.69) is 115 Å². The Balaban J connectivity index is 1.25. The van der Waals surface area contributed by atoms with Gasteiger partial charge in [0.05, 0.1) is 22.4 Å². The molecule has 3 aromatic heterocycles. The van der Waals surface area contributed by atoms with Crippen LogP contribution in [0, 0.1) is 0 Å². The minimum atomic E-state index is 0.905. The van der Waals surface area contributed by atoms with E-state index in [0.29, 0.717) is 0 Å². The summed E-state index contributed by atoms with van der Waals surface area (Å²) in [6.07, 6.45) is 0. The molecule has 0 spiro atoms. The Hall–Kier alpha value is -5.80. The molecule has 0 radical (unpaired) electrons. The van der Waals surface area contributed by atoms with Crippen LogP contribution in [0.2, 0.25) is 0 Å². The maximum atomic E-state index is 6.41. The van der Waals surface area contributed by atoms with Crippen LogP contribution in [-0.4, -0.2) is 9.97 Å². The molecule has 0 aliphatic rings. The topological polar surface area (TPSA) is 38.9 Å². The van der Waals surface area contributed by atoms with E-state index in [9.17, 15) is 0 Å². The van der Waals surface area contributed by atoms with E-state index in [0.717, 1.165) is 88.2 Å². The molecular weight excluding hydrogens is 524 g/mol. The third-order valence-electron chi connectivity index (χ3n) is 8.48. The first-order chi connectivity index (χ1) is 21.3. The van der Waals surface area contributed by atoms with Crippen LogP contribution in [0.5, 0.6) is 0 Å². The molecule has 43 heavy (non-hydrogen) atoms. The van der Waals surface area contributed by atoms with Gasteiger partial charge in [0.2, 0.25) is 0 Å². The summed E-state index contributed by atoms with van der Waals surface area (Å²) >= 11 is 0. The summed E-state index contributed by atoms with van der Waals surface area (Å²) in [7, 11) is 0. The molecule has 3 heterocycles. The standard InChI is InChI=1S/C40H24N2O/c1-2-9-25(10-3-1)35-23-19-26-17-18-27-20-24-36(42-39(27)38(26)41-35)31-22-21-30(28-11-4-5-12-29(28)31)33-14-8-15-34-32-13-6-7-16-37(32)43-40(33)34/h1-24H. The molecule has 0 N–H and O–H groups in total. The Morgan fingerprint density at radius 3 is 1.74 bits per heavy atom. The fourth-order valence-electron chi connectivity index (χ4n) is 6.40. The van der Waals surface area contributed by atoms with E-state index in [4.69, 9.17) is 14.4 Å². The van der Waals surface area contributed by atoms with Crippen molar-refractivity contribution in [3.8, 4) is 33.6 Å². The van der Waals surface area contributed by atoms with Crippen LogP contribution in [0.1, 0.15) is 0 Å². The second kappa shape index (κ2) is 9.37. The highest BCUT2D eigenvalue weighted by Crippen LogP contribution is 2.41. The lowest BCUT2D eigenvalue weighted by atomic mass is 9.92. The lowest BCUT2D eigenvalue weighted by Gasteiger charge is -2.13. The Bertz CT molecular complexity index is 2510. The van der Waals surface area contributed by atoms with Gasteiger partial charge in [0.1, 0.15) is 11.2 Å². The van der Waals surface area contributed by atoms with Crippen molar-refractivity contribution in [1.29, 1.82) is 0 Å². The van der Waals surface area contributed by atoms with Gasteiger partial charge in [-0.3, -0.25) is 0 Å². The van der Waals surface area contributed by atoms with E-state index in [1.807, 2.05) is 30.3 Å². The highest BCUT2D eigenvalue weighted by molar-refractivity contribution is 6.14. The number of pyridine rings is 2. The molecule has 200 valence electrons. The molecule has 9 aromatic rings. The van der Waals surface area contributed by atoms with Crippen molar-refractivity contribution in [3.05, 3.63) is 146 Å². The number of fused-ring (bicyclic) bond motifs is 7. The van der Waals surface area contributed by atoms with Crippen molar-refractivity contribution in [2.45, 2.75) is 0 Å². The predicted octanol–water partition coefficient (Wildman–Crippen LogP) is 10.8. The average Bonchev–Trinajstić information content (AvgIpc) is 3.47. The summed E-state index contributed by atoms with van der Waals surface area (Å²) in [5.41, 5.74) is 9.94. The van der Waals surface area contributed by atoms with Gasteiger partial charge in [-0.15, -0.1) is 0 Å². The molecule has 6 aromatic carbocycles. The van der Waals surface area contributed by atoms with Gasteiger partial charge in [-0.25, -0.2) is 9.97 Å². The van der Waals surface area contributed by atoms with Gasteiger partial charge in [0, 0.05) is 38.2 Å². The van der Waals surface area contributed by atoms with Crippen LogP contribution < -0.4 is 0 Å². The van der Waals surface area contributed by atoms with Gasteiger partial charge in [0.25, 0.3) is 0 Å². The van der Waals surface area contributed by atoms with E-state index in [-0.39, 0.29) is 0 Å². The summed E-state index contributed by atoms with van der Waals surface area (Å²) in [5, 5.41) is 6.74. The fraction of sp³-hybridized carbons (Fsp3) is 0. The summed E-state index contributed by atoms with van der Waals surface area (Å²) < 4.78 is 6.41. The van der Waals surface area contributed by atoms with Gasteiger partial charge in [-0.05, 0) is 34.5 Å². The lowest BCUT2D eigenvalue weighted by molar-refractivity contribution is 0.670. The first-order valence-corrected chi connectivity index (χ1v) is 14.5. The molecule has 0 aliphatic carbocycles. The quantitative estimate of drug-likeness (QED) is 0.206. The highest BCUT2D eigenvalue weighted by Gasteiger charge is 2.16. The molecule has 3 nitrogen and oxygen atoms in total. The van der Waals surface area contributed by atoms with Crippen LogP contribution in [0.4, 0.5) is 0 Å². The van der Waals surface area contributed by atoms with Crippen molar-refractivity contribution >= 4 is 54.5 Å². The highest BCUT2D eigenvalue weighted by atomic mass is 16.3. The zero-order valence-electron chi connectivity index (χ0n) is 23.2. The van der Waals surface area contributed by atoms with Crippen molar-refractivity contribution in [3.63, 3.8) is 0 Å². The minimum absolute atomic E-state index is 0.905. The number of rotatable bonds is 3. The third kappa shape index (κ3) is 3.75. The zero-order chi connectivity index (χ0) is 28.3. The summed E-state index contributed by atoms with van der Waals surface area (Å²) in [6, 6.07) is 50.7. The second-order valence-corrected chi connectivity index (χ2v) is 11.0. The Labute approximate surface area is 247 Å². The number of furan rings is 1. The number of para-hydroxylation sites is 2. The molecule has 0 atom stereocenters. The lowest BCUT2D eigenvalue weighted by Crippen LogP contribution is -1.92. The monoisotopic (exact) mass is 548 g/mol. The maximum absolute atomic E-state index is 6.41. The number of hydrogen-bond acceptors (Lipinski definition) is 3. The molecule has 0 saturated heterocycles. The van der Waals surface area contributed by atoms with Gasteiger partial charge in [-0.1, -0.05) is 127 Å². The molecular formula is C40H24N2O. The molecule has 9 rings (SSSR count). The van der Waals surface area contributed by atoms with E-state index >= 15 is 0 Å². The SMILES string of the molecule is c1ccc(-c2ccc3ccc4ccc(-c5ccc(-c6cccc7c6oc6ccccc67)c6ccccc56)nc4c3n2)cc1. The molecule has 0 saturated carbocycles. The van der Waals surface area contributed by atoms with Crippen LogP contribution in [0.15, 0.2) is 150 Å². The Kier molecular flexibility index (Phi) is 5.20. The van der Waals surface area contributed by atoms with Gasteiger partial charge in [0.15, 0.2) is 0 Å². The molecule has 3 heteroatoms. The Morgan fingerprint density at radius 2 is 0.953 bits per heavy atom. The van der Waals surface area contributed by atoms with Crippen LogP contribution in [0.25, 0.3) is 88.2 Å². The predicted molar refractivity (Wildman–Crippen MR) is 178 cm³/mol. The fourth-order valence-corrected chi connectivity index (χ4v) is 6.40. The summed E-state index contributed by atoms with van der Waals surface area (Å²) in [4.78, 5) is 10.4. The minimum Gasteiger partial charge on any atom is -0.455 e. The molecule has 0 amide bonds. The Morgan fingerprint density at radius 1 is 0.372 bits per heavy atom. The summed E-state index contributed by atoms with van der Waals surface area (Å²) in [6.45, 7) is 0. The first kappa shape index (κ1) is 23.9. The first-order valence-electron chi connectivity index (χ1n) is 14.5. The van der Waals surface area contributed by atoms with Crippen LogP contribution in [-0.2, 0) is 0 Å². The van der Waals surface area contributed by atoms with Gasteiger partial charge in [-0.2, -0.15) is 0 Å². The maximum Gasteiger partial charge on any atom is 0.143 e. The molecule has 0 aliphatic heterocycles. The largest absolute Gasteiger partial charge is 0.455 e. The molecule has 0 bridgehead atoms. The average molecular weight is 549 g/mol. The van der Waals surface area contributed by atoms with Crippen molar-refractivity contribution in [2.75, 3.05) is 0 Å². The molecule has 0 fully saturated rings. The number of aromatic nitrogens is 2. The van der Waals surface area contributed by atoms with Gasteiger partial charge >= 0.3 is 0 Å². The molecule has 0 unspecified atom stereocenters. The summed E-state index contributed by atoms with van der Waals surface area (Å²) in [5.74, 6) is 0. The van der Waals surface area contributed by atoms with Gasteiger partial charge < -0.3 is 4.42 Å². The van der Waals surface area contributed by atoms with E-state index < -0.39 is 0 Å². The van der Waals surface area contributed by atoms with E-state index in [1.165, 1.54) is 0 Å². The van der Waals surface area contributed by atoms with Crippen LogP contribution >= 0.6 is 0 Å². The number of benzene rings is 6. The zero-order valence-corrected chi connectivity index (χ0v) is 23.2. The van der Waals surface area contributed by atoms with Crippen molar-refractivity contribution in [1.82, 2.24) is 9.97 Å². The smallest absolute Gasteiger partial charge is 0.143 e. The second-order valence-electron chi connectivity index (χ2n) is 11.0. The van der Waals surface area contributed by atoms with Crippen molar-refractivity contribution in [2.24, 2.45) is 0 Å².